The second-order valence-corrected chi connectivity index (χ2v) is 14.5. The topological polar surface area (TPSA) is 96.0 Å². The van der Waals surface area contributed by atoms with Crippen LogP contribution in [0.25, 0.3) is 0 Å². The van der Waals surface area contributed by atoms with E-state index in [1.165, 1.54) is 24.1 Å². The van der Waals surface area contributed by atoms with Gasteiger partial charge in [0.1, 0.15) is 18.3 Å². The van der Waals surface area contributed by atoms with Crippen molar-refractivity contribution in [1.29, 1.82) is 0 Å². The molecule has 2 amide bonds. The van der Waals surface area contributed by atoms with Crippen molar-refractivity contribution >= 4 is 39.1 Å². The SMILES string of the molecule is COc1ccc(N(CC(=O)N(Cc2cccc(Cl)c2)[C@@H](Cc2ccccc2)C(=O)NC2CCCCC2)S(=O)(=O)c2ccc(C)cc2)cc1. The number of nitrogens with one attached hydrogen (secondary N) is 1. The summed E-state index contributed by atoms with van der Waals surface area (Å²) in [6, 6.07) is 28.8. The van der Waals surface area contributed by atoms with Crippen LogP contribution in [-0.4, -0.2) is 50.9 Å². The van der Waals surface area contributed by atoms with E-state index >= 15 is 0 Å². The van der Waals surface area contributed by atoms with Crippen LogP contribution in [0.15, 0.2) is 108 Å². The average Bonchev–Trinajstić information content (AvgIpc) is 3.09. The first-order valence-corrected chi connectivity index (χ1v) is 18.1. The average molecular weight is 688 g/mol. The van der Waals surface area contributed by atoms with Crippen molar-refractivity contribution in [2.45, 2.75) is 69.0 Å². The van der Waals surface area contributed by atoms with Gasteiger partial charge in [0, 0.05) is 24.0 Å². The van der Waals surface area contributed by atoms with Gasteiger partial charge in [-0.15, -0.1) is 0 Å². The first kappa shape index (κ1) is 35.0. The Morgan fingerprint density at radius 3 is 2.19 bits per heavy atom. The van der Waals surface area contributed by atoms with Crippen molar-refractivity contribution in [2.24, 2.45) is 0 Å². The highest BCUT2D eigenvalue weighted by molar-refractivity contribution is 7.92. The minimum atomic E-state index is -4.20. The first-order valence-electron chi connectivity index (χ1n) is 16.3. The molecular weight excluding hydrogens is 646 g/mol. The van der Waals surface area contributed by atoms with Crippen LogP contribution in [0.5, 0.6) is 5.75 Å². The Balaban J connectivity index is 1.56. The lowest BCUT2D eigenvalue weighted by atomic mass is 9.94. The number of amides is 2. The molecule has 0 saturated heterocycles. The number of nitrogens with zero attached hydrogens (tertiary/aromatic N) is 2. The molecule has 1 saturated carbocycles. The van der Waals surface area contributed by atoms with Crippen molar-refractivity contribution in [2.75, 3.05) is 18.0 Å². The monoisotopic (exact) mass is 687 g/mol. The number of carbonyl (C=O) groups excluding carboxylic acids is 2. The maximum atomic E-state index is 14.7. The molecule has 0 heterocycles. The van der Waals surface area contributed by atoms with E-state index in [2.05, 4.69) is 5.32 Å². The van der Waals surface area contributed by atoms with Gasteiger partial charge in [-0.1, -0.05) is 91.0 Å². The third kappa shape index (κ3) is 8.96. The van der Waals surface area contributed by atoms with E-state index in [9.17, 15) is 18.0 Å². The van der Waals surface area contributed by atoms with E-state index in [1.807, 2.05) is 43.3 Å². The van der Waals surface area contributed by atoms with Gasteiger partial charge < -0.3 is 15.0 Å². The summed E-state index contributed by atoms with van der Waals surface area (Å²) < 4.78 is 34.9. The Morgan fingerprint density at radius 2 is 1.54 bits per heavy atom. The lowest BCUT2D eigenvalue weighted by molar-refractivity contribution is -0.140. The smallest absolute Gasteiger partial charge is 0.264 e. The molecule has 1 fully saturated rings. The molecule has 0 bridgehead atoms. The molecule has 1 aliphatic carbocycles. The van der Waals surface area contributed by atoms with Gasteiger partial charge in [0.25, 0.3) is 10.0 Å². The van der Waals surface area contributed by atoms with Crippen molar-refractivity contribution in [3.63, 3.8) is 0 Å². The van der Waals surface area contributed by atoms with E-state index in [0.29, 0.717) is 16.5 Å². The molecule has 4 aromatic carbocycles. The maximum Gasteiger partial charge on any atom is 0.264 e. The van der Waals surface area contributed by atoms with Gasteiger partial charge in [0.05, 0.1) is 17.7 Å². The standard InChI is InChI=1S/C38H42ClN3O5S/c1-28-16-22-35(23-17-28)48(45,46)42(33-18-20-34(47-2)21-19-33)27-37(43)41(26-30-12-9-13-31(39)24-30)36(25-29-10-5-3-6-11-29)38(44)40-32-14-7-4-8-15-32/h3,5-6,9-13,16-24,32,36H,4,7-8,14-15,25-27H2,1-2H3,(H,40,44)/t36-/m0/s1. The number of hydrogen-bond donors (Lipinski definition) is 1. The summed E-state index contributed by atoms with van der Waals surface area (Å²) in [6.07, 6.45) is 5.22. The molecule has 48 heavy (non-hydrogen) atoms. The molecule has 10 heteroatoms. The largest absolute Gasteiger partial charge is 0.497 e. The Labute approximate surface area is 288 Å². The Bertz CT molecular complexity index is 1780. The van der Waals surface area contributed by atoms with Gasteiger partial charge in [-0.2, -0.15) is 0 Å². The van der Waals surface area contributed by atoms with Crippen molar-refractivity contribution in [1.82, 2.24) is 10.2 Å². The van der Waals surface area contributed by atoms with Crippen LogP contribution in [0.1, 0.15) is 48.8 Å². The van der Waals surface area contributed by atoms with Crippen molar-refractivity contribution < 1.29 is 22.7 Å². The lowest BCUT2D eigenvalue weighted by Gasteiger charge is -2.35. The van der Waals surface area contributed by atoms with Crippen LogP contribution >= 0.6 is 11.6 Å². The number of sulfonamides is 1. The van der Waals surface area contributed by atoms with Gasteiger partial charge in [-0.3, -0.25) is 13.9 Å². The number of carbonyl (C=O) groups is 2. The predicted octanol–water partition coefficient (Wildman–Crippen LogP) is 6.94. The van der Waals surface area contributed by atoms with E-state index < -0.39 is 28.5 Å². The molecule has 0 aliphatic heterocycles. The molecule has 8 nitrogen and oxygen atoms in total. The molecule has 0 radical (unpaired) electrons. The molecule has 1 N–H and O–H groups in total. The fraction of sp³-hybridized carbons (Fsp3) is 0.316. The van der Waals surface area contributed by atoms with Crippen LogP contribution in [0, 0.1) is 6.92 Å². The highest BCUT2D eigenvalue weighted by Gasteiger charge is 2.35. The fourth-order valence-corrected chi connectivity index (χ4v) is 7.67. The van der Waals surface area contributed by atoms with Gasteiger partial charge in [-0.05, 0) is 79.4 Å². The summed E-state index contributed by atoms with van der Waals surface area (Å²) >= 11 is 6.36. The highest BCUT2D eigenvalue weighted by atomic mass is 35.5. The van der Waals surface area contributed by atoms with Crippen molar-refractivity contribution in [3.05, 3.63) is 125 Å². The minimum Gasteiger partial charge on any atom is -0.497 e. The van der Waals surface area contributed by atoms with Gasteiger partial charge in [0.15, 0.2) is 0 Å². The van der Waals surface area contributed by atoms with Crippen LogP contribution in [-0.2, 0) is 32.6 Å². The number of hydrogen-bond acceptors (Lipinski definition) is 5. The first-order chi connectivity index (χ1) is 23.1. The number of rotatable bonds is 13. The van der Waals surface area contributed by atoms with Gasteiger partial charge in [0.2, 0.25) is 11.8 Å². The molecule has 0 unspecified atom stereocenters. The summed E-state index contributed by atoms with van der Waals surface area (Å²) in [5.41, 5.74) is 2.79. The van der Waals surface area contributed by atoms with E-state index in [4.69, 9.17) is 16.3 Å². The second-order valence-electron chi connectivity index (χ2n) is 12.2. The van der Waals surface area contributed by atoms with Crippen LogP contribution in [0.4, 0.5) is 5.69 Å². The summed E-state index contributed by atoms with van der Waals surface area (Å²) in [6.45, 7) is 1.39. The second kappa shape index (κ2) is 16.2. The molecule has 1 aliphatic rings. The number of aryl methyl sites for hydroxylation is 1. The maximum absolute atomic E-state index is 14.7. The molecule has 4 aromatic rings. The third-order valence-electron chi connectivity index (χ3n) is 8.71. The summed E-state index contributed by atoms with van der Waals surface area (Å²) in [5, 5.41) is 3.72. The quantitative estimate of drug-likeness (QED) is 0.164. The van der Waals surface area contributed by atoms with E-state index in [0.717, 1.165) is 53.1 Å². The third-order valence-corrected chi connectivity index (χ3v) is 10.7. The highest BCUT2D eigenvalue weighted by Crippen LogP contribution is 2.28. The molecular formula is C38H42ClN3O5S. The zero-order valence-corrected chi connectivity index (χ0v) is 28.9. The molecule has 0 spiro atoms. The Kier molecular flexibility index (Phi) is 11.8. The zero-order chi connectivity index (χ0) is 34.1. The fourth-order valence-electron chi connectivity index (χ4n) is 6.04. The van der Waals surface area contributed by atoms with Crippen LogP contribution < -0.4 is 14.4 Å². The number of ether oxygens (including phenoxy) is 1. The minimum absolute atomic E-state index is 0.0188. The predicted molar refractivity (Wildman–Crippen MR) is 190 cm³/mol. The molecule has 252 valence electrons. The lowest BCUT2D eigenvalue weighted by Crippen LogP contribution is -2.55. The number of methoxy groups -OCH3 is 1. The van der Waals surface area contributed by atoms with Crippen LogP contribution in [0.2, 0.25) is 5.02 Å². The number of benzene rings is 4. The zero-order valence-electron chi connectivity index (χ0n) is 27.3. The van der Waals surface area contributed by atoms with Gasteiger partial charge in [-0.25, -0.2) is 8.42 Å². The number of anilines is 1. The Hall–Kier alpha value is -4.34. The summed E-state index contributed by atoms with van der Waals surface area (Å²) in [7, 11) is -2.68. The van der Waals surface area contributed by atoms with E-state index in [1.54, 1.807) is 54.6 Å². The normalized spacial score (nSPS) is 14.1. The molecule has 0 aromatic heterocycles. The van der Waals surface area contributed by atoms with Crippen LogP contribution in [0.3, 0.4) is 0 Å². The van der Waals surface area contributed by atoms with E-state index in [-0.39, 0.29) is 29.8 Å². The molecule has 1 atom stereocenters. The van der Waals surface area contributed by atoms with Gasteiger partial charge >= 0.3 is 0 Å². The van der Waals surface area contributed by atoms with Crippen molar-refractivity contribution in [3.8, 4) is 5.75 Å². The summed E-state index contributed by atoms with van der Waals surface area (Å²) in [5.74, 6) is -0.248. The molecule has 5 rings (SSSR count). The summed E-state index contributed by atoms with van der Waals surface area (Å²) in [4.78, 5) is 30.4. The number of halogens is 1. The Morgan fingerprint density at radius 1 is 0.875 bits per heavy atom.